The molecule has 3 nitrogen and oxygen atoms in total. The predicted octanol–water partition coefficient (Wildman–Crippen LogP) is 10.0. The van der Waals surface area contributed by atoms with Gasteiger partial charge in [0.05, 0.1) is 0 Å². The zero-order valence-electron chi connectivity index (χ0n) is 86.6. The molecule has 4 rings (SSSR count). The van der Waals surface area contributed by atoms with Crippen LogP contribution in [-0.4, -0.2) is 69.1 Å². The first-order valence-electron chi connectivity index (χ1n) is 43.3. The lowest BCUT2D eigenvalue weighted by atomic mass is 9.58. The molecule has 1 unspecified atom stereocenters. The number of terminal acetylenes is 1. The average molecular weight is 1870 g/mol. The van der Waals surface area contributed by atoms with E-state index in [1.165, 1.54) is 12.8 Å². The van der Waals surface area contributed by atoms with Crippen molar-refractivity contribution in [2.75, 3.05) is 21.1 Å². The highest BCUT2D eigenvalue weighted by Gasteiger charge is 2.75. The molecule has 4 saturated heterocycles. The summed E-state index contributed by atoms with van der Waals surface area (Å²) in [7, 11) is 6.42. The Hall–Kier alpha value is -24.3. The molecule has 4 aliphatic heterocycles. The Morgan fingerprint density at radius 1 is 0.188 bits per heavy atom. The number of hydrogen-bond donors (Lipinski definition) is 0. The average Bonchev–Trinajstić information content (AvgIpc) is 1.48. The summed E-state index contributed by atoms with van der Waals surface area (Å²) in [4.78, 5) is 7.47. The molecule has 0 N–H and O–H groups in total. The lowest BCUT2D eigenvalue weighted by Crippen LogP contribution is -2.74. The van der Waals surface area contributed by atoms with Crippen LogP contribution in [-0.2, 0) is 0 Å². The van der Waals surface area contributed by atoms with Crippen LogP contribution in [0.25, 0.3) is 0 Å². The van der Waals surface area contributed by atoms with E-state index in [1.54, 1.807) is 6.92 Å². The van der Waals surface area contributed by atoms with Gasteiger partial charge in [0.25, 0.3) is 0 Å². The number of fused-ring (bicyclic) bond motifs is 1. The fraction of sp³-hybridized carbons (Fsp3) is 0.247. The molecule has 149 heavy (non-hydrogen) atoms. The van der Waals surface area contributed by atoms with E-state index < -0.39 is 0 Å². The van der Waals surface area contributed by atoms with Gasteiger partial charge in [0.15, 0.2) is 0 Å². The first-order valence-corrected chi connectivity index (χ1v) is 43.3. The van der Waals surface area contributed by atoms with Gasteiger partial charge in [-0.3, -0.25) is 9.80 Å². The molecule has 3 heteroatoms. The van der Waals surface area contributed by atoms with E-state index in [1.807, 2.05) is 0 Å². The van der Waals surface area contributed by atoms with Gasteiger partial charge in [-0.15, -0.1) is 6.42 Å². The second-order valence-electron chi connectivity index (χ2n) is 33.2. The normalized spacial score (nSPS) is 10.8. The van der Waals surface area contributed by atoms with Crippen LogP contribution in [0, 0.1) is 680 Å². The summed E-state index contributed by atoms with van der Waals surface area (Å²) in [6, 6.07) is 0. The summed E-state index contributed by atoms with van der Waals surface area (Å²) in [5, 5.41) is 0. The van der Waals surface area contributed by atoms with Crippen LogP contribution < -0.4 is 0 Å². The maximum absolute atomic E-state index is 4.95. The van der Waals surface area contributed by atoms with Gasteiger partial charge in [0, 0.05) is 578 Å². The molecular formula is C146H77N3. The Morgan fingerprint density at radius 2 is 0.302 bits per heavy atom. The maximum Gasteiger partial charge on any atom is 0.0213 e. The summed E-state index contributed by atoms with van der Waals surface area (Å²) < 4.78 is 0. The molecule has 4 aliphatic rings. The fourth-order valence-corrected chi connectivity index (χ4v) is 12.4. The lowest BCUT2D eigenvalue weighted by Gasteiger charge is -2.67. The minimum Gasteiger partial charge on any atom is -0.305 e. The molecule has 4 fully saturated rings. The van der Waals surface area contributed by atoms with E-state index in [0.29, 0.717) is 44.1 Å². The molecule has 0 aromatic heterocycles. The largest absolute Gasteiger partial charge is 0.305 e. The maximum atomic E-state index is 4.95. The Labute approximate surface area is 894 Å². The second-order valence-corrected chi connectivity index (χ2v) is 33.2. The highest BCUT2D eigenvalue weighted by atomic mass is 15.4. The van der Waals surface area contributed by atoms with Crippen molar-refractivity contribution in [1.29, 1.82) is 0 Å². The van der Waals surface area contributed by atoms with E-state index in [9.17, 15) is 0 Å². The van der Waals surface area contributed by atoms with E-state index in [4.69, 9.17) is 6.42 Å². The van der Waals surface area contributed by atoms with Crippen LogP contribution in [0.1, 0.15) is 151 Å². The molecule has 0 saturated carbocycles. The standard InChI is InChI=1S/C111H4.C16H31N.C13H27N.C6H15N/c1-3-5-7-9-11-13-15-17-19-21-23-25-27-29-31-33-35-37-39-41-43-45-47-49-51-53-55-57-59-61-63-65-67-69-71-73-75-77-79-81-83-85-87-89-91-93-95-97-99-101-103-105-107-109-111-110-108-106-104-102-100-98-96-94-92-90-88-86-84-82-80-78-76-74-72-70-68-66-64-62-60-58-56-54-52-50-48-46-44-42-40-38-36-34-32-30-28-26-24-22-20-18-16-14-12-10-8-6-4-2;1-13(2,3)10-11-12-15(6,7)17(14(11,4)5)16(12,8)9;1-11(2,3)9-10-12(4,5)14(8)13(10,6)7;1-6(2,3)7(4)5/h1H,2H3;11-12H,10H2,1-9H3;10H,9H2,1-8H3;1-5H3. The smallest absolute Gasteiger partial charge is 0.0213 e. The summed E-state index contributed by atoms with van der Waals surface area (Å²) in [6.45, 7) is 46.6. The van der Waals surface area contributed by atoms with Crippen molar-refractivity contribution in [2.45, 2.75) is 185 Å². The number of likely N-dealkylation sites (tertiary alicyclic amines) is 1. The number of rotatable bonds is 2. The van der Waals surface area contributed by atoms with Crippen molar-refractivity contribution in [3.63, 3.8) is 0 Å². The minimum atomic E-state index is 0.333. The van der Waals surface area contributed by atoms with Gasteiger partial charge < -0.3 is 4.90 Å². The summed E-state index contributed by atoms with van der Waals surface area (Å²) in [5.41, 5.74) is 3.09. The molecule has 2 bridgehead atoms. The Kier molecular flexibility index (Phi) is 66.8. The Morgan fingerprint density at radius 3 is 0.389 bits per heavy atom. The summed E-state index contributed by atoms with van der Waals surface area (Å²) in [6.07, 6.45) is 7.61. The van der Waals surface area contributed by atoms with Gasteiger partial charge >= 0.3 is 0 Å². The number of nitrogens with zero attached hydrogens (tertiary/aromatic N) is 3. The quantitative estimate of drug-likeness (QED) is 0.255. The topological polar surface area (TPSA) is 9.72 Å². The highest BCUT2D eigenvalue weighted by molar-refractivity contribution is 5.58. The molecule has 0 aromatic rings. The third-order valence-corrected chi connectivity index (χ3v) is 17.8. The predicted molar refractivity (Wildman–Crippen MR) is 606 cm³/mol. The molecular weight excluding hydrogens is 1800 g/mol. The van der Waals surface area contributed by atoms with Crippen LogP contribution in [0.5, 0.6) is 0 Å². The van der Waals surface area contributed by atoms with Crippen molar-refractivity contribution in [1.82, 2.24) is 14.7 Å². The first-order chi connectivity index (χ1) is 71.7. The molecule has 676 valence electrons. The van der Waals surface area contributed by atoms with Crippen molar-refractivity contribution in [3.05, 3.63) is 0 Å². The summed E-state index contributed by atoms with van der Waals surface area (Å²) >= 11 is 0. The van der Waals surface area contributed by atoms with E-state index in [-0.39, 0.29) is 0 Å². The van der Waals surface area contributed by atoms with Crippen molar-refractivity contribution >= 4 is 0 Å². The molecule has 0 aliphatic carbocycles. The van der Waals surface area contributed by atoms with Crippen LogP contribution in [0.2, 0.25) is 0 Å². The molecule has 0 radical (unpaired) electrons. The molecule has 4 heterocycles. The zero-order chi connectivity index (χ0) is 110. The third-order valence-electron chi connectivity index (χ3n) is 17.8. The highest BCUT2D eigenvalue weighted by Crippen LogP contribution is 2.68. The van der Waals surface area contributed by atoms with E-state index >= 15 is 0 Å². The second kappa shape index (κ2) is 79.9. The Bertz CT molecular complexity index is 9220. The van der Waals surface area contributed by atoms with Gasteiger partial charge in [-0.25, -0.2) is 0 Å². The first kappa shape index (κ1) is 125. The van der Waals surface area contributed by atoms with Crippen LogP contribution >= 0.6 is 0 Å². The van der Waals surface area contributed by atoms with Crippen LogP contribution in [0.3, 0.4) is 0 Å². The molecule has 1 atom stereocenters. The minimum absolute atomic E-state index is 0.333. The molecule has 0 spiro atoms. The molecule has 0 amide bonds. The van der Waals surface area contributed by atoms with E-state index in [2.05, 4.69) is 813 Å². The van der Waals surface area contributed by atoms with Gasteiger partial charge in [0.1, 0.15) is 0 Å². The van der Waals surface area contributed by atoms with Gasteiger partial charge in [-0.1, -0.05) is 47.5 Å². The fourth-order valence-electron chi connectivity index (χ4n) is 12.4. The van der Waals surface area contributed by atoms with Crippen molar-refractivity contribution < 1.29 is 0 Å². The molecule has 0 aromatic carbocycles. The van der Waals surface area contributed by atoms with Crippen molar-refractivity contribution in [3.8, 4) is 652 Å². The van der Waals surface area contributed by atoms with Gasteiger partial charge in [-0.05, 0) is 254 Å². The van der Waals surface area contributed by atoms with E-state index in [0.717, 1.165) is 17.8 Å². The van der Waals surface area contributed by atoms with Gasteiger partial charge in [-0.2, -0.15) is 0 Å². The van der Waals surface area contributed by atoms with Crippen LogP contribution in [0.4, 0.5) is 0 Å². The zero-order valence-corrected chi connectivity index (χ0v) is 86.6. The SMILES string of the molecule is C#CC#CC#CC#CC#CC#CC#CC#CC#CC#CC#CC#CC#CC#CC#CC#CC#CC#CC#CC#CC#CC#CC#CC#CC#CC#CC#CC#CC#CC#CC#CC#CC#CC#CC#CC#CC#CC#CC#CC#CC#CC#CC#CC#CC#CC#CC#CC#CC#CC#CC#CC#CC#CC#CC#CC.CC(C)(C)CC1C2C(C)(C)N(C1(C)C)C2(C)C.CN(C)C(C)(C)C.CN1C(C)(C)C(CC(C)(C)C)C1(C)C. The number of hydrogen-bond acceptors (Lipinski definition) is 3. The third kappa shape index (κ3) is 68.4. The van der Waals surface area contributed by atoms with Crippen LogP contribution in [0.15, 0.2) is 0 Å². The lowest BCUT2D eigenvalue weighted by molar-refractivity contribution is -0.168. The monoisotopic (exact) mass is 1870 g/mol. The van der Waals surface area contributed by atoms with Gasteiger partial charge in [0.2, 0.25) is 0 Å². The van der Waals surface area contributed by atoms with Crippen molar-refractivity contribution in [2.24, 2.45) is 28.6 Å². The Balaban J connectivity index is 0.00000470. The summed E-state index contributed by atoms with van der Waals surface area (Å²) in [5.74, 6) is 274.